The third-order valence-electron chi connectivity index (χ3n) is 4.63. The van der Waals surface area contributed by atoms with E-state index in [1.807, 2.05) is 57.1 Å². The van der Waals surface area contributed by atoms with Crippen LogP contribution in [-0.4, -0.2) is 50.2 Å². The highest BCUT2D eigenvalue weighted by molar-refractivity contribution is 8.14. The van der Waals surface area contributed by atoms with Crippen molar-refractivity contribution in [1.29, 1.82) is 0 Å². The highest BCUT2D eigenvalue weighted by Crippen LogP contribution is 2.31. The summed E-state index contributed by atoms with van der Waals surface area (Å²) in [6.07, 6.45) is 1.85. The van der Waals surface area contributed by atoms with Crippen molar-refractivity contribution in [3.05, 3.63) is 59.8 Å². The molecule has 2 aromatic rings. The lowest BCUT2D eigenvalue weighted by molar-refractivity contribution is -0.113. The Labute approximate surface area is 196 Å². The number of aliphatic imine (C=N–C) groups is 1. The molecule has 1 amide bonds. The maximum atomic E-state index is 13.2. The van der Waals surface area contributed by atoms with Gasteiger partial charge in [-0.1, -0.05) is 23.9 Å². The van der Waals surface area contributed by atoms with E-state index >= 15 is 0 Å². The summed E-state index contributed by atoms with van der Waals surface area (Å²) < 4.78 is 34.9. The quantitative estimate of drug-likeness (QED) is 0.366. The van der Waals surface area contributed by atoms with Gasteiger partial charge in [0.1, 0.15) is 11.4 Å². The van der Waals surface area contributed by atoms with E-state index < -0.39 is 6.61 Å². The number of anilines is 2. The molecule has 0 aromatic heterocycles. The summed E-state index contributed by atoms with van der Waals surface area (Å²) in [4.78, 5) is 21.3. The third kappa shape index (κ3) is 6.79. The number of hydrogen-bond donors (Lipinski definition) is 0. The van der Waals surface area contributed by atoms with Crippen LogP contribution in [-0.2, 0) is 9.53 Å². The number of amides is 1. The zero-order valence-electron chi connectivity index (χ0n) is 19.0. The lowest BCUT2D eigenvalue weighted by Crippen LogP contribution is -2.30. The number of benzene rings is 2. The van der Waals surface area contributed by atoms with Crippen LogP contribution in [0, 0.1) is 0 Å². The van der Waals surface area contributed by atoms with E-state index in [0.717, 1.165) is 11.3 Å². The van der Waals surface area contributed by atoms with Crippen molar-refractivity contribution >= 4 is 40.3 Å². The number of carbonyl (C=O) groups excluding carboxylic acids is 1. The Morgan fingerprint density at radius 1 is 1.09 bits per heavy atom. The van der Waals surface area contributed by atoms with Crippen molar-refractivity contribution in [3.8, 4) is 5.75 Å². The van der Waals surface area contributed by atoms with Gasteiger partial charge in [0.05, 0.1) is 18.4 Å². The number of alkyl halides is 2. The smallest absolute Gasteiger partial charge is 0.387 e. The molecule has 1 aliphatic rings. The lowest BCUT2D eigenvalue weighted by atomic mass is 10.1. The van der Waals surface area contributed by atoms with Gasteiger partial charge in [0.15, 0.2) is 5.17 Å². The van der Waals surface area contributed by atoms with Gasteiger partial charge in [0.2, 0.25) is 0 Å². The summed E-state index contributed by atoms with van der Waals surface area (Å²) in [5.74, 6) is 0.341. The van der Waals surface area contributed by atoms with Gasteiger partial charge in [0, 0.05) is 25.5 Å². The number of rotatable bonds is 9. The van der Waals surface area contributed by atoms with Crippen molar-refractivity contribution in [2.75, 3.05) is 36.3 Å². The molecule has 2 aromatic carbocycles. The van der Waals surface area contributed by atoms with Crippen LogP contribution in [0.4, 0.5) is 20.2 Å². The van der Waals surface area contributed by atoms with Crippen molar-refractivity contribution in [3.63, 3.8) is 0 Å². The first kappa shape index (κ1) is 24.7. The van der Waals surface area contributed by atoms with Crippen LogP contribution in [0.5, 0.6) is 5.75 Å². The van der Waals surface area contributed by atoms with E-state index in [1.165, 1.54) is 28.8 Å². The predicted octanol–water partition coefficient (Wildman–Crippen LogP) is 5.26. The molecule has 176 valence electrons. The maximum absolute atomic E-state index is 13.2. The maximum Gasteiger partial charge on any atom is 0.387 e. The average Bonchev–Trinajstić information content (AvgIpc) is 3.06. The normalized spacial score (nSPS) is 15.0. The van der Waals surface area contributed by atoms with Crippen LogP contribution in [0.2, 0.25) is 0 Å². The summed E-state index contributed by atoms with van der Waals surface area (Å²) in [6.45, 7) is 1.51. The summed E-state index contributed by atoms with van der Waals surface area (Å²) >= 11 is 1.40. The van der Waals surface area contributed by atoms with Gasteiger partial charge in [-0.25, -0.2) is 4.99 Å². The van der Waals surface area contributed by atoms with E-state index in [4.69, 9.17) is 4.74 Å². The molecule has 0 fully saturated rings. The van der Waals surface area contributed by atoms with E-state index in [-0.39, 0.29) is 17.8 Å². The number of nitrogens with zero attached hydrogens (tertiary/aromatic N) is 3. The second-order valence-corrected chi connectivity index (χ2v) is 8.75. The first-order chi connectivity index (χ1) is 15.7. The van der Waals surface area contributed by atoms with Crippen molar-refractivity contribution < 1.29 is 23.0 Å². The lowest BCUT2D eigenvalue weighted by Gasteiger charge is -2.18. The minimum absolute atomic E-state index is 0.0219. The molecular weight excluding hydrogens is 448 g/mol. The molecule has 9 heteroatoms. The van der Waals surface area contributed by atoms with Crippen LogP contribution in [0.15, 0.2) is 59.2 Å². The van der Waals surface area contributed by atoms with E-state index in [2.05, 4.69) is 9.73 Å². The highest BCUT2D eigenvalue weighted by atomic mass is 32.2. The Morgan fingerprint density at radius 3 is 2.33 bits per heavy atom. The summed E-state index contributed by atoms with van der Waals surface area (Å²) in [5, 5.41) is 0.506. The fourth-order valence-corrected chi connectivity index (χ4v) is 3.88. The molecule has 0 aliphatic carbocycles. The Morgan fingerprint density at radius 2 is 1.76 bits per heavy atom. The fourth-order valence-electron chi connectivity index (χ4n) is 3.04. The van der Waals surface area contributed by atoms with Gasteiger partial charge in [-0.3, -0.25) is 9.69 Å². The molecule has 0 bridgehead atoms. The molecule has 0 atom stereocenters. The van der Waals surface area contributed by atoms with E-state index in [9.17, 15) is 13.6 Å². The van der Waals surface area contributed by atoms with Gasteiger partial charge in [0.25, 0.3) is 5.91 Å². The largest absolute Gasteiger partial charge is 0.435 e. The molecule has 0 unspecified atom stereocenters. The Hall–Kier alpha value is -2.91. The molecule has 0 spiro atoms. The minimum atomic E-state index is -2.91. The van der Waals surface area contributed by atoms with Crippen LogP contribution >= 0.6 is 11.8 Å². The van der Waals surface area contributed by atoms with E-state index in [1.54, 1.807) is 18.2 Å². The standard InChI is InChI=1S/C24H27F2N3O3S/c1-16(2)31-13-14-33-24-27-21(15-17-5-7-18(8-6-17)28(3)4)22(30)29(24)19-9-11-20(12-10-19)32-23(25)26/h5-12,15-16,23H,13-14H2,1-4H3/b21-15-. The fraction of sp³-hybridized carbons (Fsp3) is 0.333. The number of thioether (sulfide) groups is 1. The SMILES string of the molecule is CC(C)OCCSC1=N/C(=C\c2ccc(N(C)C)cc2)C(=O)N1c1ccc(OC(F)F)cc1. The van der Waals surface area contributed by atoms with Gasteiger partial charge in [-0.05, 0) is 61.9 Å². The van der Waals surface area contributed by atoms with Crippen LogP contribution in [0.3, 0.4) is 0 Å². The molecular formula is C24H27F2N3O3S. The molecule has 6 nitrogen and oxygen atoms in total. The second kappa shape index (κ2) is 11.3. The number of hydrogen-bond acceptors (Lipinski definition) is 6. The molecule has 1 heterocycles. The first-order valence-electron chi connectivity index (χ1n) is 10.5. The number of halogens is 2. The second-order valence-electron chi connectivity index (χ2n) is 7.69. The first-order valence-corrected chi connectivity index (χ1v) is 11.4. The van der Waals surface area contributed by atoms with E-state index in [0.29, 0.717) is 28.9 Å². The number of ether oxygens (including phenoxy) is 2. The van der Waals surface area contributed by atoms with Gasteiger partial charge in [-0.15, -0.1) is 0 Å². The average molecular weight is 476 g/mol. The molecule has 3 rings (SSSR count). The van der Waals surface area contributed by atoms with Gasteiger partial charge < -0.3 is 14.4 Å². The van der Waals surface area contributed by atoms with Crippen LogP contribution in [0.1, 0.15) is 19.4 Å². The summed E-state index contributed by atoms with van der Waals surface area (Å²) in [6, 6.07) is 13.7. The third-order valence-corrected chi connectivity index (χ3v) is 5.53. The molecule has 0 radical (unpaired) electrons. The zero-order chi connectivity index (χ0) is 24.0. The van der Waals surface area contributed by atoms with Crippen LogP contribution < -0.4 is 14.5 Å². The highest BCUT2D eigenvalue weighted by Gasteiger charge is 2.32. The monoisotopic (exact) mass is 475 g/mol. The summed E-state index contributed by atoms with van der Waals surface area (Å²) in [7, 11) is 3.92. The zero-order valence-corrected chi connectivity index (χ0v) is 19.8. The molecule has 0 saturated heterocycles. The van der Waals surface area contributed by atoms with Crippen molar-refractivity contribution in [2.24, 2.45) is 4.99 Å². The molecule has 1 aliphatic heterocycles. The Bertz CT molecular complexity index is 1010. The van der Waals surface area contributed by atoms with Gasteiger partial charge in [-0.2, -0.15) is 8.78 Å². The molecule has 0 saturated carbocycles. The molecule has 0 N–H and O–H groups in total. The molecule has 33 heavy (non-hydrogen) atoms. The number of amidine groups is 1. The Balaban J connectivity index is 1.85. The topological polar surface area (TPSA) is 54.4 Å². The predicted molar refractivity (Wildman–Crippen MR) is 130 cm³/mol. The minimum Gasteiger partial charge on any atom is -0.435 e. The van der Waals surface area contributed by atoms with Gasteiger partial charge >= 0.3 is 6.61 Å². The van der Waals surface area contributed by atoms with Crippen molar-refractivity contribution in [2.45, 2.75) is 26.6 Å². The Kier molecular flexibility index (Phi) is 8.46. The van der Waals surface area contributed by atoms with Crippen LogP contribution in [0.25, 0.3) is 6.08 Å². The van der Waals surface area contributed by atoms with Crippen molar-refractivity contribution in [1.82, 2.24) is 0 Å². The summed E-state index contributed by atoms with van der Waals surface area (Å²) in [5.41, 5.74) is 2.71. The number of carbonyl (C=O) groups is 1.